The predicted octanol–water partition coefficient (Wildman–Crippen LogP) is 7.64. The molecule has 1 N–H and O–H groups in total. The number of allylic oxidation sites excluding steroid dienone is 2. The molecule has 5 nitrogen and oxygen atoms in total. The van der Waals surface area contributed by atoms with Crippen molar-refractivity contribution in [2.45, 2.75) is 138 Å². The molecule has 5 heteroatoms. The van der Waals surface area contributed by atoms with Crippen molar-refractivity contribution in [3.63, 3.8) is 0 Å². The van der Waals surface area contributed by atoms with E-state index in [-0.39, 0.29) is 51.0 Å². The van der Waals surface area contributed by atoms with Crippen molar-refractivity contribution in [1.29, 1.82) is 0 Å². The number of hydrogen-bond donors (Lipinski definition) is 1. The van der Waals surface area contributed by atoms with Gasteiger partial charge in [0.1, 0.15) is 11.5 Å². The van der Waals surface area contributed by atoms with Crippen LogP contribution in [0.2, 0.25) is 0 Å². The first-order valence-corrected chi connectivity index (χ1v) is 16.2. The Morgan fingerprint density at radius 3 is 2.30 bits per heavy atom. The van der Waals surface area contributed by atoms with Crippen molar-refractivity contribution < 1.29 is 24.2 Å². The predicted molar refractivity (Wildman–Crippen MR) is 157 cm³/mol. The van der Waals surface area contributed by atoms with Gasteiger partial charge < -0.3 is 14.6 Å². The maximum atomic E-state index is 13.5. The standard InChI is InChI=1S/C35H56O5/c1-10-11-28(37)40-27-15-16-32(6)24(31(27,4)5)14-17-33(7)25(32)13-12-22-23-20-30(2,3)18-19-35(23,29(38)39-9)26(36)21-34(22,33)8/h12,23-27,36H,10-11,13-21H2,1-9H3/t23-,24-,25+,26+,27-,32-,33+,34+,35+/m0/s1. The second-order valence-electron chi connectivity index (χ2n) is 16.6. The minimum Gasteiger partial charge on any atom is -0.468 e. The lowest BCUT2D eigenvalue weighted by Gasteiger charge is -2.71. The van der Waals surface area contributed by atoms with E-state index in [1.54, 1.807) is 0 Å². The lowest BCUT2D eigenvalue weighted by molar-refractivity contribution is -0.224. The molecule has 0 unspecified atom stereocenters. The summed E-state index contributed by atoms with van der Waals surface area (Å²) >= 11 is 0. The van der Waals surface area contributed by atoms with E-state index >= 15 is 0 Å². The molecular weight excluding hydrogens is 500 g/mol. The number of aliphatic hydroxyl groups excluding tert-OH is 1. The Morgan fingerprint density at radius 2 is 1.65 bits per heavy atom. The summed E-state index contributed by atoms with van der Waals surface area (Å²) in [7, 11) is 1.49. The minimum absolute atomic E-state index is 0.0194. The highest BCUT2D eigenvalue weighted by Crippen LogP contribution is 2.76. The monoisotopic (exact) mass is 556 g/mol. The number of ether oxygens (including phenoxy) is 2. The van der Waals surface area contributed by atoms with E-state index in [4.69, 9.17) is 9.47 Å². The molecule has 0 radical (unpaired) electrons. The summed E-state index contributed by atoms with van der Waals surface area (Å²) in [5.74, 6) is 0.702. The molecule has 226 valence electrons. The molecule has 0 aromatic rings. The van der Waals surface area contributed by atoms with Gasteiger partial charge in [0.05, 0.1) is 13.2 Å². The summed E-state index contributed by atoms with van der Waals surface area (Å²) in [6.45, 7) is 18.8. The fraction of sp³-hybridized carbons (Fsp3) is 0.886. The number of carbonyl (C=O) groups excluding carboxylic acids is 2. The Morgan fingerprint density at radius 1 is 0.950 bits per heavy atom. The first-order valence-electron chi connectivity index (χ1n) is 16.2. The van der Waals surface area contributed by atoms with Gasteiger partial charge in [0.25, 0.3) is 0 Å². The maximum absolute atomic E-state index is 13.5. The number of fused-ring (bicyclic) bond motifs is 7. The van der Waals surface area contributed by atoms with Crippen LogP contribution in [0.1, 0.15) is 126 Å². The molecule has 0 bridgehead atoms. The molecule has 0 aromatic heterocycles. The summed E-state index contributed by atoms with van der Waals surface area (Å²) in [5.41, 5.74) is 0.619. The first kappa shape index (κ1) is 30.1. The summed E-state index contributed by atoms with van der Waals surface area (Å²) < 4.78 is 11.6. The third-order valence-corrected chi connectivity index (χ3v) is 13.9. The average Bonchev–Trinajstić information content (AvgIpc) is 2.85. The summed E-state index contributed by atoms with van der Waals surface area (Å²) in [5, 5.41) is 12.0. The van der Waals surface area contributed by atoms with E-state index < -0.39 is 11.5 Å². The summed E-state index contributed by atoms with van der Waals surface area (Å²) in [4.78, 5) is 26.0. The fourth-order valence-electron chi connectivity index (χ4n) is 11.5. The third-order valence-electron chi connectivity index (χ3n) is 13.9. The maximum Gasteiger partial charge on any atom is 0.315 e. The van der Waals surface area contributed by atoms with Crippen molar-refractivity contribution in [2.24, 2.45) is 50.2 Å². The molecule has 0 heterocycles. The lowest BCUT2D eigenvalue weighted by atomic mass is 9.33. The van der Waals surface area contributed by atoms with Gasteiger partial charge in [-0.3, -0.25) is 9.59 Å². The van der Waals surface area contributed by atoms with Gasteiger partial charge in [0.2, 0.25) is 0 Å². The Hall–Kier alpha value is -1.36. The minimum atomic E-state index is -0.831. The van der Waals surface area contributed by atoms with E-state index in [9.17, 15) is 14.7 Å². The number of methoxy groups -OCH3 is 1. The van der Waals surface area contributed by atoms with Crippen molar-refractivity contribution in [1.82, 2.24) is 0 Å². The van der Waals surface area contributed by atoms with Crippen LogP contribution in [0.5, 0.6) is 0 Å². The van der Waals surface area contributed by atoms with Crippen LogP contribution >= 0.6 is 0 Å². The molecule has 0 saturated heterocycles. The molecule has 4 fully saturated rings. The highest BCUT2D eigenvalue weighted by atomic mass is 16.5. The third kappa shape index (κ3) is 3.94. The second kappa shape index (κ2) is 9.58. The van der Waals surface area contributed by atoms with Gasteiger partial charge in [-0.1, -0.05) is 67.0 Å². The Bertz CT molecular complexity index is 1070. The summed E-state index contributed by atoms with van der Waals surface area (Å²) in [6.07, 6.45) is 11.5. The van der Waals surface area contributed by atoms with Gasteiger partial charge >= 0.3 is 11.9 Å². The first-order chi connectivity index (χ1) is 18.5. The Kier molecular flexibility index (Phi) is 7.21. The van der Waals surface area contributed by atoms with E-state index in [1.165, 1.54) is 12.7 Å². The van der Waals surface area contributed by atoms with Crippen molar-refractivity contribution in [3.8, 4) is 0 Å². The highest BCUT2D eigenvalue weighted by molar-refractivity contribution is 5.79. The van der Waals surface area contributed by atoms with E-state index in [0.29, 0.717) is 31.1 Å². The van der Waals surface area contributed by atoms with E-state index in [1.807, 2.05) is 6.92 Å². The van der Waals surface area contributed by atoms with Crippen LogP contribution < -0.4 is 0 Å². The van der Waals surface area contributed by atoms with Crippen LogP contribution in [-0.2, 0) is 19.1 Å². The normalized spacial score (nSPS) is 47.0. The fourth-order valence-corrected chi connectivity index (χ4v) is 11.5. The topological polar surface area (TPSA) is 72.8 Å². The molecule has 40 heavy (non-hydrogen) atoms. The smallest absolute Gasteiger partial charge is 0.315 e. The number of carbonyl (C=O) groups is 2. The average molecular weight is 557 g/mol. The van der Waals surface area contributed by atoms with Gasteiger partial charge in [0.15, 0.2) is 0 Å². The van der Waals surface area contributed by atoms with Crippen LogP contribution in [0.4, 0.5) is 0 Å². The SMILES string of the molecule is CCCC(=O)O[C@H]1CC[C@]2(C)[C@H]3CC=C4[C@@H]5CC(C)(C)CC[C@]5(C(=O)OC)[C@H](O)C[C@@]4(C)[C@]3(C)CC[C@H]2C1(C)C. The largest absolute Gasteiger partial charge is 0.468 e. The van der Waals surface area contributed by atoms with Gasteiger partial charge in [-0.15, -0.1) is 0 Å². The zero-order valence-corrected chi connectivity index (χ0v) is 26.8. The zero-order valence-electron chi connectivity index (χ0n) is 26.8. The molecule has 0 amide bonds. The lowest BCUT2D eigenvalue weighted by Crippen LogP contribution is -2.67. The highest BCUT2D eigenvalue weighted by Gasteiger charge is 2.71. The van der Waals surface area contributed by atoms with Crippen LogP contribution in [0.15, 0.2) is 11.6 Å². The number of aliphatic hydroxyl groups is 1. The van der Waals surface area contributed by atoms with E-state index in [0.717, 1.165) is 51.4 Å². The van der Waals surface area contributed by atoms with Crippen LogP contribution in [0.25, 0.3) is 0 Å². The molecule has 0 aromatic carbocycles. The van der Waals surface area contributed by atoms with Gasteiger partial charge in [-0.2, -0.15) is 0 Å². The molecular formula is C35H56O5. The van der Waals surface area contributed by atoms with Gasteiger partial charge in [0, 0.05) is 11.8 Å². The zero-order chi connectivity index (χ0) is 29.5. The molecule has 9 atom stereocenters. The number of esters is 2. The van der Waals surface area contributed by atoms with Crippen LogP contribution in [-0.4, -0.2) is 36.4 Å². The van der Waals surface area contributed by atoms with Crippen molar-refractivity contribution in [3.05, 3.63) is 11.6 Å². The summed E-state index contributed by atoms with van der Waals surface area (Å²) in [6, 6.07) is 0. The van der Waals surface area contributed by atoms with Crippen LogP contribution in [0, 0.1) is 50.2 Å². The van der Waals surface area contributed by atoms with Crippen LogP contribution in [0.3, 0.4) is 0 Å². The van der Waals surface area contributed by atoms with Crippen molar-refractivity contribution >= 4 is 11.9 Å². The molecule has 4 saturated carbocycles. The Labute approximate surface area is 243 Å². The second-order valence-corrected chi connectivity index (χ2v) is 16.6. The Balaban J connectivity index is 1.54. The molecule has 5 rings (SSSR count). The van der Waals surface area contributed by atoms with Crippen molar-refractivity contribution in [2.75, 3.05) is 7.11 Å². The number of hydrogen-bond acceptors (Lipinski definition) is 5. The van der Waals surface area contributed by atoms with E-state index in [2.05, 4.69) is 54.5 Å². The molecule has 0 spiro atoms. The molecule has 0 aliphatic heterocycles. The quantitative estimate of drug-likeness (QED) is 0.284. The number of rotatable bonds is 4. The molecule has 5 aliphatic carbocycles. The molecule has 5 aliphatic rings. The van der Waals surface area contributed by atoms with Gasteiger partial charge in [-0.05, 0) is 104 Å². The van der Waals surface area contributed by atoms with Gasteiger partial charge in [-0.25, -0.2) is 0 Å².